The van der Waals surface area contributed by atoms with Gasteiger partial charge in [-0.25, -0.2) is 0 Å². The minimum absolute atomic E-state index is 0.164. The molecule has 18 heavy (non-hydrogen) atoms. The second kappa shape index (κ2) is 5.87. The number of hydrogen-bond acceptors (Lipinski definition) is 5. The van der Waals surface area contributed by atoms with Crippen molar-refractivity contribution in [2.45, 2.75) is 0 Å². The molecule has 0 aliphatic carbocycles. The molecule has 1 aromatic rings. The molecular formula is C10H6Cl2N6. The number of nitriles is 2. The van der Waals surface area contributed by atoms with E-state index in [1.54, 1.807) is 6.07 Å². The topological polar surface area (TPSA) is 122 Å². The third-order valence-corrected chi connectivity index (χ3v) is 2.33. The maximum atomic E-state index is 8.91. The molecule has 0 aliphatic heterocycles. The van der Waals surface area contributed by atoms with Crippen LogP contribution in [0.5, 0.6) is 0 Å². The Hall–Kier alpha value is -2.28. The molecule has 1 rings (SSSR count). The molecule has 0 unspecified atom stereocenters. The molecule has 0 spiro atoms. The highest BCUT2D eigenvalue weighted by atomic mass is 35.5. The molecule has 0 fully saturated rings. The van der Waals surface area contributed by atoms with Gasteiger partial charge >= 0.3 is 0 Å². The van der Waals surface area contributed by atoms with Crippen LogP contribution < -0.4 is 11.2 Å². The molecule has 6 nitrogen and oxygen atoms in total. The molecule has 0 atom stereocenters. The Morgan fingerprint density at radius 2 is 2.06 bits per heavy atom. The SMILES string of the molecule is N#C/C(=N\Nc1c(Cl)cc(Cl)cc1C#N)C(=N)N. The number of anilines is 1. The predicted molar refractivity (Wildman–Crippen MR) is 69.8 cm³/mol. The van der Waals surface area contributed by atoms with E-state index in [1.165, 1.54) is 12.1 Å². The monoisotopic (exact) mass is 280 g/mol. The normalized spacial score (nSPS) is 10.3. The van der Waals surface area contributed by atoms with Crippen LogP contribution in [0.1, 0.15) is 5.56 Å². The van der Waals surface area contributed by atoms with E-state index in [0.717, 1.165) is 0 Å². The zero-order valence-corrected chi connectivity index (χ0v) is 10.3. The minimum atomic E-state index is -0.492. The molecule has 0 radical (unpaired) electrons. The van der Waals surface area contributed by atoms with Crippen LogP contribution in [0, 0.1) is 28.1 Å². The largest absolute Gasteiger partial charge is 0.382 e. The van der Waals surface area contributed by atoms with Crippen molar-refractivity contribution in [3.05, 3.63) is 27.7 Å². The molecule has 8 heteroatoms. The molecule has 1 aromatic carbocycles. The standard InChI is InChI=1S/C10H6Cl2N6/c11-6-1-5(3-13)9(7(12)2-6)18-17-8(4-14)10(15)16/h1-2,18H,(H3,15,16)/b17-8+. The second-order valence-corrected chi connectivity index (χ2v) is 3.86. The van der Waals surface area contributed by atoms with Crippen molar-refractivity contribution >= 4 is 40.4 Å². The number of hydrazone groups is 1. The third kappa shape index (κ3) is 3.11. The van der Waals surface area contributed by atoms with Gasteiger partial charge in [-0.1, -0.05) is 23.2 Å². The first kappa shape index (κ1) is 13.8. The lowest BCUT2D eigenvalue weighted by Crippen LogP contribution is -2.22. The second-order valence-electron chi connectivity index (χ2n) is 3.02. The molecule has 0 aliphatic rings. The van der Waals surface area contributed by atoms with E-state index in [4.69, 9.17) is 44.9 Å². The summed E-state index contributed by atoms with van der Waals surface area (Å²) < 4.78 is 0. The Bertz CT molecular complexity index is 608. The predicted octanol–water partition coefficient (Wildman–Crippen LogP) is 2.09. The van der Waals surface area contributed by atoms with Crippen molar-refractivity contribution in [1.82, 2.24) is 0 Å². The average molecular weight is 281 g/mol. The molecule has 0 aromatic heterocycles. The zero-order chi connectivity index (χ0) is 13.7. The van der Waals surface area contributed by atoms with Gasteiger partial charge in [0.15, 0.2) is 5.84 Å². The first-order chi connectivity index (χ1) is 8.49. The summed E-state index contributed by atoms with van der Waals surface area (Å²) in [6.07, 6.45) is 0. The van der Waals surface area contributed by atoms with Crippen molar-refractivity contribution in [3.63, 3.8) is 0 Å². The van der Waals surface area contributed by atoms with Crippen LogP contribution in [0.25, 0.3) is 0 Å². The van der Waals surface area contributed by atoms with Gasteiger partial charge in [-0.2, -0.15) is 15.6 Å². The van der Waals surface area contributed by atoms with E-state index in [0.29, 0.717) is 5.02 Å². The molecule has 0 saturated heterocycles. The highest BCUT2D eigenvalue weighted by Crippen LogP contribution is 2.29. The van der Waals surface area contributed by atoms with Gasteiger partial charge in [0.25, 0.3) is 0 Å². The summed E-state index contributed by atoms with van der Waals surface area (Å²) in [5.41, 5.74) is 7.58. The summed E-state index contributed by atoms with van der Waals surface area (Å²) in [5, 5.41) is 28.7. The Morgan fingerprint density at radius 1 is 1.39 bits per heavy atom. The van der Waals surface area contributed by atoms with Crippen molar-refractivity contribution in [3.8, 4) is 12.1 Å². The van der Waals surface area contributed by atoms with Gasteiger partial charge < -0.3 is 5.73 Å². The molecule has 0 heterocycles. The van der Waals surface area contributed by atoms with Crippen molar-refractivity contribution in [2.75, 3.05) is 5.43 Å². The van der Waals surface area contributed by atoms with Crippen LogP contribution in [0.4, 0.5) is 5.69 Å². The van der Waals surface area contributed by atoms with Gasteiger partial charge in [-0.3, -0.25) is 10.8 Å². The summed E-state index contributed by atoms with van der Waals surface area (Å²) in [5.74, 6) is -0.492. The lowest BCUT2D eigenvalue weighted by atomic mass is 10.2. The summed E-state index contributed by atoms with van der Waals surface area (Å²) in [6.45, 7) is 0. The highest BCUT2D eigenvalue weighted by Gasteiger charge is 2.09. The third-order valence-electron chi connectivity index (χ3n) is 1.82. The molecular weight excluding hydrogens is 275 g/mol. The average Bonchev–Trinajstić information content (AvgIpc) is 2.31. The maximum absolute atomic E-state index is 8.91. The lowest BCUT2D eigenvalue weighted by Gasteiger charge is -2.06. The molecule has 90 valence electrons. The van der Waals surface area contributed by atoms with Gasteiger partial charge in [-0.05, 0) is 12.1 Å². The Labute approximate surface area is 113 Å². The molecule has 4 N–H and O–H groups in total. The summed E-state index contributed by atoms with van der Waals surface area (Å²) in [7, 11) is 0. The van der Waals surface area contributed by atoms with E-state index < -0.39 is 5.84 Å². The van der Waals surface area contributed by atoms with E-state index >= 15 is 0 Å². The van der Waals surface area contributed by atoms with Crippen LogP contribution in [-0.4, -0.2) is 11.5 Å². The van der Waals surface area contributed by atoms with Gasteiger partial charge in [0.1, 0.15) is 12.1 Å². The highest BCUT2D eigenvalue weighted by molar-refractivity contribution is 6.46. The van der Waals surface area contributed by atoms with Gasteiger partial charge in [0.05, 0.1) is 16.3 Å². The number of rotatable bonds is 3. The first-order valence-corrected chi connectivity index (χ1v) is 5.22. The first-order valence-electron chi connectivity index (χ1n) is 4.47. The number of benzene rings is 1. The van der Waals surface area contributed by atoms with Crippen molar-refractivity contribution in [2.24, 2.45) is 10.8 Å². The Morgan fingerprint density at radius 3 is 2.56 bits per heavy atom. The smallest absolute Gasteiger partial charge is 0.201 e. The minimum Gasteiger partial charge on any atom is -0.382 e. The maximum Gasteiger partial charge on any atom is 0.201 e. The summed E-state index contributed by atoms with van der Waals surface area (Å²) >= 11 is 11.6. The van der Waals surface area contributed by atoms with Gasteiger partial charge in [0, 0.05) is 5.02 Å². The molecule has 0 bridgehead atoms. The molecule has 0 saturated carbocycles. The fourth-order valence-corrected chi connectivity index (χ4v) is 1.57. The van der Waals surface area contributed by atoms with E-state index in [9.17, 15) is 0 Å². The number of amidine groups is 1. The lowest BCUT2D eigenvalue weighted by molar-refractivity contribution is 1.32. The number of hydrogen-bond donors (Lipinski definition) is 3. The number of nitrogens with two attached hydrogens (primary N) is 1. The van der Waals surface area contributed by atoms with E-state index in [-0.39, 0.29) is 22.0 Å². The Kier molecular flexibility index (Phi) is 4.50. The van der Waals surface area contributed by atoms with Crippen molar-refractivity contribution in [1.29, 1.82) is 15.9 Å². The zero-order valence-electron chi connectivity index (χ0n) is 8.83. The number of halogens is 2. The van der Waals surface area contributed by atoms with Gasteiger partial charge in [0.2, 0.25) is 5.71 Å². The quantitative estimate of drug-likeness (QED) is 0.446. The summed E-state index contributed by atoms with van der Waals surface area (Å²) in [4.78, 5) is 0. The fourth-order valence-electron chi connectivity index (χ4n) is 1.03. The number of nitrogens with zero attached hydrogens (tertiary/aromatic N) is 3. The van der Waals surface area contributed by atoms with Crippen LogP contribution in [-0.2, 0) is 0 Å². The number of nitrogens with one attached hydrogen (secondary N) is 2. The van der Waals surface area contributed by atoms with E-state index in [1.807, 2.05) is 6.07 Å². The van der Waals surface area contributed by atoms with Crippen LogP contribution in [0.2, 0.25) is 10.0 Å². The van der Waals surface area contributed by atoms with Crippen LogP contribution in [0.15, 0.2) is 17.2 Å². The van der Waals surface area contributed by atoms with Gasteiger partial charge in [-0.15, -0.1) is 0 Å². The fraction of sp³-hybridized carbons (Fsp3) is 0. The van der Waals surface area contributed by atoms with Crippen molar-refractivity contribution < 1.29 is 0 Å². The Balaban J connectivity index is 3.18. The van der Waals surface area contributed by atoms with Crippen LogP contribution >= 0.6 is 23.2 Å². The van der Waals surface area contributed by atoms with Crippen LogP contribution in [0.3, 0.4) is 0 Å². The summed E-state index contributed by atoms with van der Waals surface area (Å²) in [6, 6.07) is 6.32. The molecule has 0 amide bonds. The van der Waals surface area contributed by atoms with E-state index in [2.05, 4.69) is 10.5 Å².